The number of nitrogens with zero attached hydrogens (tertiary/aromatic N) is 4. The van der Waals surface area contributed by atoms with E-state index in [1.165, 1.54) is 24.5 Å². The standard InChI is InChI=1S/C19H28N4/c1-11-6-20-17(23-9-14-15(10-23)19(14,4)5)21-16(11)22-7-12-13(8-22)18(12,2)3/h6,12-15H,7-10H2,1-5H3. The summed E-state index contributed by atoms with van der Waals surface area (Å²) in [5.74, 6) is 5.54. The predicted molar refractivity (Wildman–Crippen MR) is 92.7 cm³/mol. The highest BCUT2D eigenvalue weighted by Crippen LogP contribution is 2.63. The van der Waals surface area contributed by atoms with Crippen molar-refractivity contribution >= 4 is 11.8 Å². The van der Waals surface area contributed by atoms with Crippen molar-refractivity contribution in [2.45, 2.75) is 34.6 Å². The first-order valence-electron chi connectivity index (χ1n) is 9.13. The van der Waals surface area contributed by atoms with E-state index < -0.39 is 0 Å². The quantitative estimate of drug-likeness (QED) is 0.840. The largest absolute Gasteiger partial charge is 0.356 e. The van der Waals surface area contributed by atoms with Gasteiger partial charge in [0.25, 0.3) is 0 Å². The van der Waals surface area contributed by atoms with Gasteiger partial charge in [-0.15, -0.1) is 0 Å². The van der Waals surface area contributed by atoms with Gasteiger partial charge in [-0.1, -0.05) is 27.7 Å². The maximum atomic E-state index is 4.98. The van der Waals surface area contributed by atoms with Gasteiger partial charge < -0.3 is 9.80 Å². The van der Waals surface area contributed by atoms with Crippen molar-refractivity contribution in [1.82, 2.24) is 9.97 Å². The molecule has 0 radical (unpaired) electrons. The number of aromatic nitrogens is 2. The molecule has 124 valence electrons. The molecule has 23 heavy (non-hydrogen) atoms. The van der Waals surface area contributed by atoms with Crippen LogP contribution in [0, 0.1) is 41.4 Å². The predicted octanol–water partition coefficient (Wildman–Crippen LogP) is 2.97. The highest BCUT2D eigenvalue weighted by molar-refractivity contribution is 5.53. The number of rotatable bonds is 2. The molecule has 4 heteroatoms. The Labute approximate surface area is 139 Å². The van der Waals surface area contributed by atoms with E-state index in [0.717, 1.165) is 42.7 Å². The molecule has 0 spiro atoms. The van der Waals surface area contributed by atoms with E-state index >= 15 is 0 Å². The lowest BCUT2D eigenvalue weighted by atomic mass is 10.1. The van der Waals surface area contributed by atoms with E-state index in [0.29, 0.717) is 10.8 Å². The first kappa shape index (κ1) is 14.1. The van der Waals surface area contributed by atoms with Gasteiger partial charge in [-0.2, -0.15) is 4.98 Å². The molecule has 2 aliphatic heterocycles. The molecule has 4 atom stereocenters. The average Bonchev–Trinajstić information content (AvgIpc) is 3.08. The number of fused-ring (bicyclic) bond motifs is 2. The van der Waals surface area contributed by atoms with Crippen LogP contribution in [0.3, 0.4) is 0 Å². The number of anilines is 2. The van der Waals surface area contributed by atoms with Crippen LogP contribution in [0.25, 0.3) is 0 Å². The molecular weight excluding hydrogens is 284 g/mol. The third-order valence-corrected chi connectivity index (χ3v) is 7.76. The van der Waals surface area contributed by atoms with Crippen LogP contribution >= 0.6 is 0 Å². The summed E-state index contributed by atoms with van der Waals surface area (Å²) < 4.78 is 0. The highest BCUT2D eigenvalue weighted by Gasteiger charge is 2.63. The SMILES string of the molecule is Cc1cnc(N2CC3C(C2)C3(C)C)nc1N1CC2C(C1)C2(C)C. The molecule has 4 unspecified atom stereocenters. The zero-order chi connectivity index (χ0) is 16.1. The van der Waals surface area contributed by atoms with Crippen LogP contribution < -0.4 is 9.80 Å². The van der Waals surface area contributed by atoms with E-state index in [9.17, 15) is 0 Å². The van der Waals surface area contributed by atoms with Crippen molar-refractivity contribution in [3.63, 3.8) is 0 Å². The fraction of sp³-hybridized carbons (Fsp3) is 0.789. The lowest BCUT2D eigenvalue weighted by molar-refractivity contribution is 0.494. The first-order valence-corrected chi connectivity index (χ1v) is 9.13. The van der Waals surface area contributed by atoms with Gasteiger partial charge in [0.1, 0.15) is 5.82 Å². The topological polar surface area (TPSA) is 32.3 Å². The van der Waals surface area contributed by atoms with Gasteiger partial charge in [0, 0.05) is 37.9 Å². The summed E-state index contributed by atoms with van der Waals surface area (Å²) in [6, 6.07) is 0. The maximum Gasteiger partial charge on any atom is 0.227 e. The summed E-state index contributed by atoms with van der Waals surface area (Å²) in [4.78, 5) is 14.5. The first-order chi connectivity index (χ1) is 10.8. The molecule has 2 aliphatic carbocycles. The Morgan fingerprint density at radius 2 is 1.35 bits per heavy atom. The molecule has 4 fully saturated rings. The van der Waals surface area contributed by atoms with Crippen molar-refractivity contribution in [2.24, 2.45) is 34.5 Å². The second-order valence-electron chi connectivity index (χ2n) is 9.56. The molecule has 2 saturated heterocycles. The summed E-state index contributed by atoms with van der Waals surface area (Å²) in [5.41, 5.74) is 2.33. The van der Waals surface area contributed by atoms with Gasteiger partial charge in [0.15, 0.2) is 0 Å². The van der Waals surface area contributed by atoms with Crippen LogP contribution in [0.15, 0.2) is 6.20 Å². The van der Waals surface area contributed by atoms with Gasteiger partial charge in [0.05, 0.1) is 0 Å². The monoisotopic (exact) mass is 312 g/mol. The van der Waals surface area contributed by atoms with Crippen LogP contribution in [0.1, 0.15) is 33.3 Å². The maximum absolute atomic E-state index is 4.98. The average molecular weight is 312 g/mol. The highest BCUT2D eigenvalue weighted by atomic mass is 15.3. The zero-order valence-electron chi connectivity index (χ0n) is 15.0. The Bertz CT molecular complexity index is 652. The lowest BCUT2D eigenvalue weighted by Gasteiger charge is -2.27. The zero-order valence-corrected chi connectivity index (χ0v) is 15.0. The van der Waals surface area contributed by atoms with Crippen molar-refractivity contribution in [2.75, 3.05) is 36.0 Å². The van der Waals surface area contributed by atoms with Crippen molar-refractivity contribution in [3.8, 4) is 0 Å². The van der Waals surface area contributed by atoms with E-state index in [4.69, 9.17) is 4.98 Å². The molecule has 0 amide bonds. The smallest absolute Gasteiger partial charge is 0.227 e. The normalized spacial score (nSPS) is 38.5. The van der Waals surface area contributed by atoms with Crippen LogP contribution in [0.4, 0.5) is 11.8 Å². The fourth-order valence-electron chi connectivity index (χ4n) is 5.50. The van der Waals surface area contributed by atoms with Gasteiger partial charge in [0.2, 0.25) is 5.95 Å². The summed E-state index contributed by atoms with van der Waals surface area (Å²) in [5, 5.41) is 0. The molecule has 2 saturated carbocycles. The minimum Gasteiger partial charge on any atom is -0.356 e. The fourth-order valence-corrected chi connectivity index (χ4v) is 5.50. The van der Waals surface area contributed by atoms with Crippen molar-refractivity contribution in [1.29, 1.82) is 0 Å². The Morgan fingerprint density at radius 1 is 0.870 bits per heavy atom. The molecule has 0 aromatic carbocycles. The van der Waals surface area contributed by atoms with Crippen LogP contribution in [0.5, 0.6) is 0 Å². The van der Waals surface area contributed by atoms with Gasteiger partial charge in [-0.3, -0.25) is 0 Å². The molecule has 0 bridgehead atoms. The van der Waals surface area contributed by atoms with Gasteiger partial charge in [-0.05, 0) is 41.4 Å². The third-order valence-electron chi connectivity index (χ3n) is 7.76. The van der Waals surface area contributed by atoms with Crippen molar-refractivity contribution < 1.29 is 0 Å². The third kappa shape index (κ3) is 1.78. The molecule has 5 rings (SSSR count). The summed E-state index contributed by atoms with van der Waals surface area (Å²) in [6.07, 6.45) is 2.03. The Kier molecular flexibility index (Phi) is 2.45. The summed E-state index contributed by atoms with van der Waals surface area (Å²) in [6.45, 7) is 16.4. The molecule has 0 N–H and O–H groups in total. The second kappa shape index (κ2) is 4.01. The van der Waals surface area contributed by atoms with E-state index in [1.807, 2.05) is 6.20 Å². The lowest BCUT2D eigenvalue weighted by Crippen LogP contribution is -2.31. The van der Waals surface area contributed by atoms with E-state index in [-0.39, 0.29) is 0 Å². The Morgan fingerprint density at radius 3 is 1.87 bits per heavy atom. The van der Waals surface area contributed by atoms with E-state index in [2.05, 4.69) is 49.4 Å². The summed E-state index contributed by atoms with van der Waals surface area (Å²) in [7, 11) is 0. The molecule has 4 nitrogen and oxygen atoms in total. The molecule has 4 aliphatic rings. The minimum absolute atomic E-state index is 0.547. The molecule has 1 aromatic heterocycles. The second-order valence-corrected chi connectivity index (χ2v) is 9.56. The summed E-state index contributed by atoms with van der Waals surface area (Å²) >= 11 is 0. The minimum atomic E-state index is 0.547. The van der Waals surface area contributed by atoms with Gasteiger partial charge >= 0.3 is 0 Å². The van der Waals surface area contributed by atoms with Gasteiger partial charge in [-0.25, -0.2) is 4.98 Å². The van der Waals surface area contributed by atoms with Crippen LogP contribution in [-0.2, 0) is 0 Å². The number of hydrogen-bond acceptors (Lipinski definition) is 4. The van der Waals surface area contributed by atoms with Crippen molar-refractivity contribution in [3.05, 3.63) is 11.8 Å². The number of aryl methyl sites for hydroxylation is 1. The number of hydrogen-bond donors (Lipinski definition) is 0. The molecular formula is C19H28N4. The van der Waals surface area contributed by atoms with Crippen LogP contribution in [0.2, 0.25) is 0 Å². The van der Waals surface area contributed by atoms with E-state index in [1.54, 1.807) is 0 Å². The Hall–Kier alpha value is -1.32. The molecule has 3 heterocycles. The number of piperidine rings is 2. The Balaban J connectivity index is 1.36. The van der Waals surface area contributed by atoms with Crippen LogP contribution in [-0.4, -0.2) is 36.1 Å². The molecule has 1 aromatic rings.